The second-order valence-electron chi connectivity index (χ2n) is 12.1. The molecule has 48 heavy (non-hydrogen) atoms. The zero-order chi connectivity index (χ0) is 32.1. The molecule has 9 nitrogen and oxygen atoms in total. The van der Waals surface area contributed by atoms with Crippen LogP contribution < -0.4 is 5.48 Å². The van der Waals surface area contributed by atoms with Crippen LogP contribution in [0.1, 0.15) is 11.4 Å². The lowest BCUT2D eigenvalue weighted by molar-refractivity contribution is 0.870. The van der Waals surface area contributed by atoms with E-state index in [0.29, 0.717) is 16.9 Å². The van der Waals surface area contributed by atoms with Crippen LogP contribution >= 0.6 is 0 Å². The van der Waals surface area contributed by atoms with Gasteiger partial charge in [0.2, 0.25) is 0 Å². The standard InChI is InChI=1S/C39H25N9/c1-40-27-17-16-25-24-12-7-13-26-33-37(43-22-28(44-33)23-10-5-4-6-11-23)47(35(24)26)39(48-36(25)31(27)34-38(48)42-19-18-41-34)32(29-14-8-20-45(29)2)30-15-9-21-46(30)3/h4-22H,2-3H3. The van der Waals surface area contributed by atoms with Crippen molar-refractivity contribution >= 4 is 66.2 Å². The predicted octanol–water partition coefficient (Wildman–Crippen LogP) is 7.25. The Kier molecular flexibility index (Phi) is 5.29. The van der Waals surface area contributed by atoms with Gasteiger partial charge in [-0.05, 0) is 24.3 Å². The number of rotatable bonds is 3. The summed E-state index contributed by atoms with van der Waals surface area (Å²) in [7, 11) is 4.12. The summed E-state index contributed by atoms with van der Waals surface area (Å²) in [5, 5.41) is 3.79. The first-order valence-electron chi connectivity index (χ1n) is 15.6. The molecule has 0 spiro atoms. The van der Waals surface area contributed by atoms with Crippen molar-refractivity contribution in [3.05, 3.63) is 144 Å². The van der Waals surface area contributed by atoms with Crippen LogP contribution in [0.3, 0.4) is 0 Å². The summed E-state index contributed by atoms with van der Waals surface area (Å²) in [4.78, 5) is 24.3. The summed E-state index contributed by atoms with van der Waals surface area (Å²) in [6.45, 7) is 8.17. The third-order valence-electron chi connectivity index (χ3n) is 9.51. The molecule has 0 radical (unpaired) electrons. The Morgan fingerprint density at radius 2 is 1.33 bits per heavy atom. The molecule has 0 unspecified atom stereocenters. The van der Waals surface area contributed by atoms with Crippen LogP contribution in [-0.4, -0.2) is 37.9 Å². The van der Waals surface area contributed by atoms with Crippen LogP contribution in [-0.2, 0) is 14.1 Å². The molecule has 0 saturated carbocycles. The summed E-state index contributed by atoms with van der Waals surface area (Å²) in [5.41, 5.74) is 10.9. The van der Waals surface area contributed by atoms with E-state index in [1.54, 1.807) is 12.4 Å². The zero-order valence-corrected chi connectivity index (χ0v) is 26.0. The number of benzene rings is 3. The number of hydrogen-bond donors (Lipinski definition) is 0. The molecule has 0 aliphatic rings. The van der Waals surface area contributed by atoms with Crippen molar-refractivity contribution in [1.82, 2.24) is 37.9 Å². The van der Waals surface area contributed by atoms with E-state index < -0.39 is 0 Å². The fraction of sp³-hybridized carbons (Fsp3) is 0.0513. The maximum absolute atomic E-state index is 8.17. The number of aryl methyl sites for hydroxylation is 2. The molecule has 9 heteroatoms. The highest BCUT2D eigenvalue weighted by molar-refractivity contribution is 6.25. The Bertz CT molecular complexity index is 3000. The molecule has 7 aromatic heterocycles. The first-order chi connectivity index (χ1) is 23.6. The van der Waals surface area contributed by atoms with Gasteiger partial charge in [-0.25, -0.2) is 19.8 Å². The largest absolute Gasteiger partial charge is 0.350 e. The number of hydrogen-bond acceptors (Lipinski definition) is 4. The van der Waals surface area contributed by atoms with Crippen LogP contribution in [0.5, 0.6) is 0 Å². The molecule has 0 fully saturated rings. The molecule has 0 aliphatic heterocycles. The summed E-state index contributed by atoms with van der Waals surface area (Å²) < 4.78 is 8.73. The molecule has 3 aromatic carbocycles. The summed E-state index contributed by atoms with van der Waals surface area (Å²) in [5.74, 6) is 0. The van der Waals surface area contributed by atoms with E-state index in [4.69, 9.17) is 26.5 Å². The molecule has 10 aromatic rings. The first kappa shape index (κ1) is 26.4. The van der Waals surface area contributed by atoms with Gasteiger partial charge in [-0.1, -0.05) is 60.7 Å². The molecule has 0 aliphatic carbocycles. The smallest absolute Gasteiger partial charge is 0.198 e. The molecule has 0 N–H and O–H groups in total. The summed E-state index contributed by atoms with van der Waals surface area (Å²) in [6, 6.07) is 28.9. The van der Waals surface area contributed by atoms with Gasteiger partial charge in [0, 0.05) is 66.0 Å². The Balaban J connectivity index is 1.62. The lowest BCUT2D eigenvalue weighted by Gasteiger charge is -2.13. The van der Waals surface area contributed by atoms with Gasteiger partial charge in [-0.2, -0.15) is 0 Å². The molecule has 0 amide bonds. The minimum absolute atomic E-state index is 0.535. The first-order valence-corrected chi connectivity index (χ1v) is 15.6. The lowest BCUT2D eigenvalue weighted by Crippen LogP contribution is -2.26. The second-order valence-corrected chi connectivity index (χ2v) is 12.1. The van der Waals surface area contributed by atoms with Crippen molar-refractivity contribution in [1.29, 1.82) is 0 Å². The van der Waals surface area contributed by atoms with Crippen molar-refractivity contribution in [2.75, 3.05) is 0 Å². The molecule has 7 heterocycles. The Morgan fingerprint density at radius 3 is 2.06 bits per heavy atom. The molecule has 10 rings (SSSR count). The van der Waals surface area contributed by atoms with E-state index in [2.05, 4.69) is 110 Å². The van der Waals surface area contributed by atoms with Crippen LogP contribution in [0.25, 0.3) is 76.6 Å². The Labute approximate surface area is 273 Å². The quantitative estimate of drug-likeness (QED) is 0.195. The summed E-state index contributed by atoms with van der Waals surface area (Å²) >= 11 is 0. The topological polar surface area (TPSA) is 74.6 Å². The third-order valence-corrected chi connectivity index (χ3v) is 9.51. The van der Waals surface area contributed by atoms with Crippen molar-refractivity contribution < 1.29 is 0 Å². The van der Waals surface area contributed by atoms with Crippen molar-refractivity contribution in [2.24, 2.45) is 14.1 Å². The monoisotopic (exact) mass is 619 g/mol. The molecular formula is C39H25N9. The SMILES string of the molecule is [C-]#[N+]c1ccc2c3cccc4c5nc(-c6ccccc6)cnc5n(c(=C(c5cccn5C)c5cccn5C)n5c6nccnc6c1c25)c34. The van der Waals surface area contributed by atoms with E-state index in [9.17, 15) is 0 Å². The van der Waals surface area contributed by atoms with Crippen LogP contribution in [0.4, 0.5) is 5.69 Å². The van der Waals surface area contributed by atoms with Crippen molar-refractivity contribution in [3.63, 3.8) is 0 Å². The van der Waals surface area contributed by atoms with Gasteiger partial charge in [0.05, 0.1) is 46.5 Å². The number of para-hydroxylation sites is 1. The van der Waals surface area contributed by atoms with E-state index >= 15 is 0 Å². The van der Waals surface area contributed by atoms with Crippen LogP contribution in [0.15, 0.2) is 116 Å². The Morgan fingerprint density at radius 1 is 0.646 bits per heavy atom. The molecule has 226 valence electrons. The van der Waals surface area contributed by atoms with Crippen LogP contribution in [0.2, 0.25) is 0 Å². The molecule has 0 saturated heterocycles. The summed E-state index contributed by atoms with van der Waals surface area (Å²) in [6.07, 6.45) is 9.41. The van der Waals surface area contributed by atoms with E-state index in [1.165, 1.54) is 0 Å². The molecule has 0 bridgehead atoms. The average Bonchev–Trinajstić information content (AvgIpc) is 3.89. The maximum atomic E-state index is 8.17. The molecule has 0 atom stereocenters. The van der Waals surface area contributed by atoms with Crippen LogP contribution in [0, 0.1) is 6.57 Å². The Hall–Kier alpha value is -6.79. The highest BCUT2D eigenvalue weighted by atomic mass is 15.1. The van der Waals surface area contributed by atoms with Gasteiger partial charge in [0.25, 0.3) is 0 Å². The predicted molar refractivity (Wildman–Crippen MR) is 189 cm³/mol. The van der Waals surface area contributed by atoms with Gasteiger partial charge in [-0.15, -0.1) is 0 Å². The third kappa shape index (κ3) is 3.38. The second kappa shape index (κ2) is 9.61. The van der Waals surface area contributed by atoms with E-state index in [-0.39, 0.29) is 0 Å². The maximum Gasteiger partial charge on any atom is 0.198 e. The van der Waals surface area contributed by atoms with Gasteiger partial charge in [0.1, 0.15) is 16.5 Å². The highest BCUT2D eigenvalue weighted by Crippen LogP contribution is 2.40. The van der Waals surface area contributed by atoms with E-state index in [1.807, 2.05) is 30.5 Å². The lowest BCUT2D eigenvalue weighted by atomic mass is 10.1. The minimum Gasteiger partial charge on any atom is -0.350 e. The minimum atomic E-state index is 0.535. The number of fused-ring (bicyclic) bond motifs is 7. The number of aromatic nitrogens is 8. The van der Waals surface area contributed by atoms with Gasteiger partial charge >= 0.3 is 0 Å². The normalized spacial score (nSPS) is 11.9. The zero-order valence-electron chi connectivity index (χ0n) is 26.0. The van der Waals surface area contributed by atoms with Gasteiger partial charge < -0.3 is 9.13 Å². The fourth-order valence-electron chi connectivity index (χ4n) is 7.45. The fourth-order valence-corrected chi connectivity index (χ4v) is 7.45. The van der Waals surface area contributed by atoms with Gasteiger partial charge in [-0.3, -0.25) is 13.8 Å². The van der Waals surface area contributed by atoms with Crippen molar-refractivity contribution in [3.8, 4) is 11.3 Å². The average molecular weight is 620 g/mol. The highest BCUT2D eigenvalue weighted by Gasteiger charge is 2.26. The number of nitrogens with zero attached hydrogens (tertiary/aromatic N) is 9. The van der Waals surface area contributed by atoms with Crippen molar-refractivity contribution in [2.45, 2.75) is 0 Å². The van der Waals surface area contributed by atoms with Gasteiger partial charge in [0.15, 0.2) is 17.0 Å². The molecular weight excluding hydrogens is 594 g/mol. The van der Waals surface area contributed by atoms with E-state index in [0.717, 1.165) is 77.4 Å².